The van der Waals surface area contributed by atoms with Crippen molar-refractivity contribution < 1.29 is 0 Å². The second-order valence-electron chi connectivity index (χ2n) is 9.77. The molecule has 0 bridgehead atoms. The summed E-state index contributed by atoms with van der Waals surface area (Å²) in [5.41, 5.74) is 5.77. The van der Waals surface area contributed by atoms with E-state index < -0.39 is 7.26 Å². The minimum absolute atomic E-state index is 0.927. The van der Waals surface area contributed by atoms with Gasteiger partial charge in [-0.2, -0.15) is 0 Å². The molecule has 4 aliphatic rings. The lowest BCUT2D eigenvalue weighted by Gasteiger charge is -2.49. The van der Waals surface area contributed by atoms with Crippen LogP contribution in [0.2, 0.25) is 0 Å². The molecular weight excluding hydrogens is 343 g/mol. The Hall–Kier alpha value is -0.480. The molecule has 27 heavy (non-hydrogen) atoms. The van der Waals surface area contributed by atoms with Crippen molar-refractivity contribution in [2.45, 2.75) is 113 Å². The van der Waals surface area contributed by atoms with Gasteiger partial charge >= 0.3 is 0 Å². The Morgan fingerprint density at radius 3 is 1.52 bits per heavy atom. The maximum atomic E-state index is 6.03. The Labute approximate surface area is 169 Å². The number of hydrogen-bond donors (Lipinski definition) is 0. The molecule has 0 amide bonds. The molecule has 0 heterocycles. The predicted molar refractivity (Wildman–Crippen MR) is 122 cm³/mol. The molecule has 3 saturated carbocycles. The van der Waals surface area contributed by atoms with Gasteiger partial charge in [-0.15, -0.1) is 0 Å². The number of hydrogen-bond acceptors (Lipinski definition) is 0. The van der Waals surface area contributed by atoms with Gasteiger partial charge in [0, 0.05) is 7.26 Å². The third-order valence-corrected chi connectivity index (χ3v) is 14.7. The zero-order valence-corrected chi connectivity index (χ0v) is 18.3. The molecule has 0 aromatic heterocycles. The third kappa shape index (κ3) is 4.42. The molecule has 1 heteroatoms. The molecule has 0 nitrogen and oxygen atoms in total. The van der Waals surface area contributed by atoms with Crippen molar-refractivity contribution in [1.29, 1.82) is 0 Å². The molecule has 0 saturated heterocycles. The van der Waals surface area contributed by atoms with Crippen LogP contribution in [0.4, 0.5) is 0 Å². The first kappa shape index (κ1) is 19.8. The van der Waals surface area contributed by atoms with Crippen LogP contribution in [0.25, 0.3) is 0 Å². The highest BCUT2D eigenvalue weighted by Gasteiger charge is 2.57. The summed E-state index contributed by atoms with van der Waals surface area (Å²) in [4.78, 5) is 0. The van der Waals surface area contributed by atoms with E-state index in [2.05, 4.69) is 24.6 Å². The number of allylic oxidation sites excluding steroid dienone is 5. The molecule has 0 unspecified atom stereocenters. The standard InChI is InChI=1S/C26H40P/c1-22-17-19-23(20-18-22)21-27(24-11-5-2-6-12-24,25-13-7-3-8-14-25)26-15-9-4-10-16-26/h1,17-20,24-26H,2-16,21H2/q+1. The topological polar surface area (TPSA) is 0 Å². The average molecular weight is 384 g/mol. The van der Waals surface area contributed by atoms with Crippen LogP contribution in [-0.4, -0.2) is 23.1 Å². The molecule has 0 aliphatic heterocycles. The molecule has 3 fully saturated rings. The molecule has 0 radical (unpaired) electrons. The maximum Gasteiger partial charge on any atom is 0.0850 e. The predicted octanol–water partition coefficient (Wildman–Crippen LogP) is 8.06. The molecule has 4 rings (SSSR count). The monoisotopic (exact) mass is 383 g/mol. The van der Waals surface area contributed by atoms with Crippen molar-refractivity contribution >= 4 is 7.26 Å². The molecule has 0 aromatic carbocycles. The Morgan fingerprint density at radius 1 is 0.704 bits per heavy atom. The summed E-state index contributed by atoms with van der Waals surface area (Å²) >= 11 is 0. The van der Waals surface area contributed by atoms with Crippen LogP contribution in [0.15, 0.2) is 29.4 Å². The second-order valence-corrected chi connectivity index (χ2v) is 14.3. The van der Waals surface area contributed by atoms with Crippen LogP contribution >= 0.6 is 7.26 Å². The summed E-state index contributed by atoms with van der Waals surface area (Å²) in [6.07, 6.45) is 33.3. The molecule has 0 aromatic rings. The zero-order chi connectivity index (χ0) is 18.5. The lowest BCUT2D eigenvalue weighted by atomic mass is 9.98. The molecule has 0 N–H and O–H groups in total. The highest BCUT2D eigenvalue weighted by Crippen LogP contribution is 2.77. The Kier molecular flexibility index (Phi) is 6.86. The van der Waals surface area contributed by atoms with Crippen molar-refractivity contribution in [3.05, 3.63) is 42.4 Å². The van der Waals surface area contributed by atoms with E-state index in [1.165, 1.54) is 63.9 Å². The van der Waals surface area contributed by atoms with Gasteiger partial charge in [0.2, 0.25) is 0 Å². The Morgan fingerprint density at radius 2 is 1.15 bits per heavy atom. The summed E-state index contributed by atoms with van der Waals surface area (Å²) in [5, 5.41) is 0. The van der Waals surface area contributed by atoms with Crippen LogP contribution in [0, 0.1) is 13.0 Å². The van der Waals surface area contributed by atoms with Crippen molar-refractivity contribution in [2.24, 2.45) is 0 Å². The van der Waals surface area contributed by atoms with E-state index in [-0.39, 0.29) is 0 Å². The summed E-state index contributed by atoms with van der Waals surface area (Å²) in [6, 6.07) is 0. The highest BCUT2D eigenvalue weighted by atomic mass is 31.2. The first-order valence-corrected chi connectivity index (χ1v) is 14.2. The van der Waals surface area contributed by atoms with Crippen LogP contribution in [0.3, 0.4) is 0 Å². The van der Waals surface area contributed by atoms with Gasteiger partial charge in [0.15, 0.2) is 0 Å². The summed E-state index contributed by atoms with van der Waals surface area (Å²) < 4.78 is 0. The fourth-order valence-corrected chi connectivity index (χ4v) is 14.3. The van der Waals surface area contributed by atoms with Crippen LogP contribution < -0.4 is 0 Å². The van der Waals surface area contributed by atoms with Crippen LogP contribution in [0.1, 0.15) is 96.3 Å². The number of rotatable bonds is 5. The first-order valence-electron chi connectivity index (χ1n) is 12.0. The van der Waals surface area contributed by atoms with Gasteiger partial charge < -0.3 is 0 Å². The lowest BCUT2D eigenvalue weighted by Crippen LogP contribution is -2.38. The molecule has 0 spiro atoms. The largest absolute Gasteiger partial charge is 0.0850 e. The van der Waals surface area contributed by atoms with Crippen molar-refractivity contribution in [3.8, 4) is 0 Å². The van der Waals surface area contributed by atoms with E-state index in [9.17, 15) is 0 Å². The van der Waals surface area contributed by atoms with Gasteiger partial charge in [-0.3, -0.25) is 0 Å². The SMILES string of the molecule is [CH-]=C1C=CC(C[P+](C2CCCCC2)(C2CCCCC2)C2CCCCC2)=C[CH+]1. The van der Waals surface area contributed by atoms with E-state index in [1.54, 1.807) is 44.1 Å². The summed E-state index contributed by atoms with van der Waals surface area (Å²) in [5.74, 6) is 0. The maximum absolute atomic E-state index is 6.03. The first-order chi connectivity index (χ1) is 13.3. The Balaban J connectivity index is 1.69. The molecule has 4 aliphatic carbocycles. The Bertz CT molecular complexity index is 505. The lowest BCUT2D eigenvalue weighted by molar-refractivity contribution is 0.451. The van der Waals surface area contributed by atoms with Crippen LogP contribution in [-0.2, 0) is 0 Å². The summed E-state index contributed by atoms with van der Waals surface area (Å²) in [6.45, 7) is 6.03. The van der Waals surface area contributed by atoms with Crippen molar-refractivity contribution in [1.82, 2.24) is 0 Å². The second kappa shape index (κ2) is 9.35. The van der Waals surface area contributed by atoms with Gasteiger partial charge in [-0.05, 0) is 88.2 Å². The molecule has 148 valence electrons. The van der Waals surface area contributed by atoms with E-state index in [0.717, 1.165) is 22.6 Å². The van der Waals surface area contributed by atoms with Gasteiger partial charge in [0.1, 0.15) is 0 Å². The van der Waals surface area contributed by atoms with Crippen molar-refractivity contribution in [2.75, 3.05) is 6.16 Å². The zero-order valence-electron chi connectivity index (χ0n) is 17.4. The minimum atomic E-state index is -1.00. The van der Waals surface area contributed by atoms with Gasteiger partial charge in [-0.1, -0.05) is 50.5 Å². The fourth-order valence-electron chi connectivity index (χ4n) is 6.91. The van der Waals surface area contributed by atoms with Gasteiger partial charge in [-0.25, -0.2) is 0 Å². The molecule has 0 atom stereocenters. The minimum Gasteiger partial charge on any atom is -0.0548 e. The summed E-state index contributed by atoms with van der Waals surface area (Å²) in [7, 11) is -1.00. The van der Waals surface area contributed by atoms with E-state index in [4.69, 9.17) is 6.58 Å². The quantitative estimate of drug-likeness (QED) is 0.332. The van der Waals surface area contributed by atoms with Gasteiger partial charge in [0.05, 0.1) is 23.1 Å². The van der Waals surface area contributed by atoms with E-state index >= 15 is 0 Å². The smallest absolute Gasteiger partial charge is 0.0548 e. The van der Waals surface area contributed by atoms with E-state index in [0.29, 0.717) is 0 Å². The van der Waals surface area contributed by atoms with Gasteiger partial charge in [0.25, 0.3) is 0 Å². The van der Waals surface area contributed by atoms with Crippen LogP contribution in [0.5, 0.6) is 0 Å². The fraction of sp³-hybridized carbons (Fsp3) is 0.731. The highest BCUT2D eigenvalue weighted by molar-refractivity contribution is 7.78. The van der Waals surface area contributed by atoms with Crippen molar-refractivity contribution in [3.63, 3.8) is 0 Å². The third-order valence-electron chi connectivity index (χ3n) is 8.20. The van der Waals surface area contributed by atoms with E-state index in [1.807, 2.05) is 0 Å². The average Bonchev–Trinajstić information content (AvgIpc) is 2.75. The normalized spacial score (nSPS) is 26.7. The molecular formula is C26H40P+.